The van der Waals surface area contributed by atoms with Gasteiger partial charge in [0.2, 0.25) is 0 Å². The highest BCUT2D eigenvalue weighted by atomic mass is 19.3. The normalized spacial score (nSPS) is 22.9. The van der Waals surface area contributed by atoms with Gasteiger partial charge in [0.1, 0.15) is 5.75 Å². The van der Waals surface area contributed by atoms with Crippen molar-refractivity contribution in [2.24, 2.45) is 0 Å². The van der Waals surface area contributed by atoms with Crippen LogP contribution in [-0.2, 0) is 11.3 Å². The molecule has 1 saturated heterocycles. The minimum atomic E-state index is -2.79. The van der Waals surface area contributed by atoms with Crippen molar-refractivity contribution < 1.29 is 18.3 Å². The Morgan fingerprint density at radius 3 is 2.84 bits per heavy atom. The van der Waals surface area contributed by atoms with Gasteiger partial charge in [0.15, 0.2) is 0 Å². The van der Waals surface area contributed by atoms with E-state index >= 15 is 0 Å². The Bertz CT molecular complexity index is 401. The number of nitrogens with one attached hydrogen (secondary N) is 1. The van der Waals surface area contributed by atoms with Gasteiger partial charge in [-0.1, -0.05) is 18.2 Å². The quantitative estimate of drug-likeness (QED) is 0.863. The number of para-hydroxylation sites is 1. The van der Waals surface area contributed by atoms with Crippen molar-refractivity contribution in [3.63, 3.8) is 0 Å². The summed E-state index contributed by atoms with van der Waals surface area (Å²) in [5.41, 5.74) is 0.730. The Kier molecular flexibility index (Phi) is 5.10. The molecule has 0 saturated carbocycles. The van der Waals surface area contributed by atoms with E-state index in [0.717, 1.165) is 24.9 Å². The third-order valence-corrected chi connectivity index (χ3v) is 3.20. The SMILES string of the molecule is CC1CCC(CNCc2ccccc2OC(F)F)O1. The Labute approximate surface area is 111 Å². The lowest BCUT2D eigenvalue weighted by molar-refractivity contribution is -0.0505. The molecule has 0 aliphatic carbocycles. The van der Waals surface area contributed by atoms with Crippen LogP contribution in [0.5, 0.6) is 5.75 Å². The van der Waals surface area contributed by atoms with Crippen LogP contribution in [0.2, 0.25) is 0 Å². The van der Waals surface area contributed by atoms with Gasteiger partial charge >= 0.3 is 6.61 Å². The lowest BCUT2D eigenvalue weighted by atomic mass is 10.2. The molecule has 1 aliphatic heterocycles. The van der Waals surface area contributed by atoms with Crippen LogP contribution in [0, 0.1) is 0 Å². The van der Waals surface area contributed by atoms with Gasteiger partial charge in [-0.3, -0.25) is 0 Å². The summed E-state index contributed by atoms with van der Waals surface area (Å²) in [6, 6.07) is 6.83. The molecule has 1 N–H and O–H groups in total. The molecule has 0 amide bonds. The first-order valence-corrected chi connectivity index (χ1v) is 6.54. The van der Waals surface area contributed by atoms with E-state index in [2.05, 4.69) is 17.0 Å². The molecule has 1 fully saturated rings. The van der Waals surface area contributed by atoms with E-state index in [0.29, 0.717) is 12.6 Å². The van der Waals surface area contributed by atoms with Crippen LogP contribution >= 0.6 is 0 Å². The molecule has 3 nitrogen and oxygen atoms in total. The van der Waals surface area contributed by atoms with Gasteiger partial charge in [-0.05, 0) is 25.8 Å². The molecular formula is C14H19F2NO2. The number of alkyl halides is 2. The second-order valence-electron chi connectivity index (χ2n) is 4.76. The van der Waals surface area contributed by atoms with Crippen molar-refractivity contribution in [1.29, 1.82) is 0 Å². The number of benzene rings is 1. The highest BCUT2D eigenvalue weighted by Gasteiger charge is 2.21. The van der Waals surface area contributed by atoms with E-state index in [-0.39, 0.29) is 11.9 Å². The zero-order chi connectivity index (χ0) is 13.7. The molecule has 106 valence electrons. The first-order valence-electron chi connectivity index (χ1n) is 6.54. The Morgan fingerprint density at radius 1 is 1.37 bits per heavy atom. The van der Waals surface area contributed by atoms with Crippen molar-refractivity contribution in [3.05, 3.63) is 29.8 Å². The van der Waals surface area contributed by atoms with Crippen molar-refractivity contribution in [2.45, 2.75) is 45.1 Å². The minimum Gasteiger partial charge on any atom is -0.434 e. The first kappa shape index (κ1) is 14.2. The maximum absolute atomic E-state index is 12.2. The van der Waals surface area contributed by atoms with Crippen molar-refractivity contribution >= 4 is 0 Å². The van der Waals surface area contributed by atoms with Crippen LogP contribution in [0.25, 0.3) is 0 Å². The number of rotatable bonds is 6. The van der Waals surface area contributed by atoms with E-state index in [1.165, 1.54) is 0 Å². The van der Waals surface area contributed by atoms with Gasteiger partial charge in [-0.2, -0.15) is 8.78 Å². The number of halogens is 2. The van der Waals surface area contributed by atoms with Crippen LogP contribution in [0.4, 0.5) is 8.78 Å². The van der Waals surface area contributed by atoms with Gasteiger partial charge in [-0.15, -0.1) is 0 Å². The number of hydrogen-bond donors (Lipinski definition) is 1. The molecule has 0 radical (unpaired) electrons. The molecule has 5 heteroatoms. The summed E-state index contributed by atoms with van der Waals surface area (Å²) in [5.74, 6) is 0.228. The van der Waals surface area contributed by atoms with E-state index < -0.39 is 6.61 Å². The Hall–Kier alpha value is -1.20. The lowest BCUT2D eigenvalue weighted by Gasteiger charge is -2.14. The van der Waals surface area contributed by atoms with Gasteiger partial charge in [0.25, 0.3) is 0 Å². The maximum atomic E-state index is 12.2. The molecule has 2 unspecified atom stereocenters. The van der Waals surface area contributed by atoms with Crippen LogP contribution in [0.15, 0.2) is 24.3 Å². The fraction of sp³-hybridized carbons (Fsp3) is 0.571. The van der Waals surface area contributed by atoms with Crippen molar-refractivity contribution in [2.75, 3.05) is 6.54 Å². The summed E-state index contributed by atoms with van der Waals surface area (Å²) in [6.45, 7) is 0.496. The summed E-state index contributed by atoms with van der Waals surface area (Å²) in [7, 11) is 0. The molecule has 1 heterocycles. The van der Waals surface area contributed by atoms with E-state index in [1.54, 1.807) is 18.2 Å². The average Bonchev–Trinajstić information content (AvgIpc) is 2.77. The molecule has 0 bridgehead atoms. The minimum absolute atomic E-state index is 0.221. The topological polar surface area (TPSA) is 30.5 Å². The predicted molar refractivity (Wildman–Crippen MR) is 68.3 cm³/mol. The van der Waals surface area contributed by atoms with Crippen LogP contribution < -0.4 is 10.1 Å². The second-order valence-corrected chi connectivity index (χ2v) is 4.76. The smallest absolute Gasteiger partial charge is 0.387 e. The molecule has 2 rings (SSSR count). The molecule has 0 spiro atoms. The molecule has 1 aromatic carbocycles. The maximum Gasteiger partial charge on any atom is 0.387 e. The van der Waals surface area contributed by atoms with Crippen LogP contribution in [0.3, 0.4) is 0 Å². The second kappa shape index (κ2) is 6.82. The predicted octanol–water partition coefficient (Wildman–Crippen LogP) is 2.95. The molecule has 1 aliphatic rings. The van der Waals surface area contributed by atoms with Gasteiger partial charge in [-0.25, -0.2) is 0 Å². The standard InChI is InChI=1S/C14H19F2NO2/c1-10-6-7-12(18-10)9-17-8-11-4-2-3-5-13(11)19-14(15)16/h2-5,10,12,14,17H,6-9H2,1H3. The van der Waals surface area contributed by atoms with E-state index in [1.807, 2.05) is 6.07 Å². The lowest BCUT2D eigenvalue weighted by Crippen LogP contribution is -2.26. The zero-order valence-corrected chi connectivity index (χ0v) is 10.9. The van der Waals surface area contributed by atoms with E-state index in [9.17, 15) is 8.78 Å². The molecule has 1 aromatic rings. The largest absolute Gasteiger partial charge is 0.434 e. The number of hydrogen-bond acceptors (Lipinski definition) is 3. The summed E-state index contributed by atoms with van der Waals surface area (Å²) >= 11 is 0. The average molecular weight is 271 g/mol. The summed E-state index contributed by atoms with van der Waals surface area (Å²) in [5, 5.41) is 3.23. The Balaban J connectivity index is 1.82. The van der Waals surface area contributed by atoms with Crippen LogP contribution in [-0.4, -0.2) is 25.4 Å². The van der Waals surface area contributed by atoms with Gasteiger partial charge in [0, 0.05) is 18.7 Å². The molecule has 19 heavy (non-hydrogen) atoms. The van der Waals surface area contributed by atoms with Crippen molar-refractivity contribution in [1.82, 2.24) is 5.32 Å². The van der Waals surface area contributed by atoms with Gasteiger partial charge < -0.3 is 14.8 Å². The first-order chi connectivity index (χ1) is 9.15. The summed E-state index contributed by atoms with van der Waals surface area (Å²) < 4.78 is 34.7. The molecule has 0 aromatic heterocycles. The fourth-order valence-electron chi connectivity index (χ4n) is 2.26. The van der Waals surface area contributed by atoms with Gasteiger partial charge in [0.05, 0.1) is 12.2 Å². The summed E-state index contributed by atoms with van der Waals surface area (Å²) in [6.07, 6.45) is 2.67. The highest BCUT2D eigenvalue weighted by Crippen LogP contribution is 2.21. The zero-order valence-electron chi connectivity index (χ0n) is 10.9. The highest BCUT2D eigenvalue weighted by molar-refractivity contribution is 5.33. The third-order valence-electron chi connectivity index (χ3n) is 3.20. The third kappa shape index (κ3) is 4.44. The monoisotopic (exact) mass is 271 g/mol. The number of ether oxygens (including phenoxy) is 2. The van der Waals surface area contributed by atoms with E-state index in [4.69, 9.17) is 4.74 Å². The molecular weight excluding hydrogens is 252 g/mol. The van der Waals surface area contributed by atoms with Crippen LogP contribution in [0.1, 0.15) is 25.3 Å². The Morgan fingerprint density at radius 2 is 2.16 bits per heavy atom. The molecule has 2 atom stereocenters. The van der Waals surface area contributed by atoms with Crippen molar-refractivity contribution in [3.8, 4) is 5.75 Å². The summed E-state index contributed by atoms with van der Waals surface area (Å²) in [4.78, 5) is 0. The fourth-order valence-corrected chi connectivity index (χ4v) is 2.26.